The van der Waals surface area contributed by atoms with Crippen molar-refractivity contribution in [2.75, 3.05) is 0 Å². The van der Waals surface area contributed by atoms with E-state index in [1.54, 1.807) is 4.68 Å². The maximum Gasteiger partial charge on any atom is 0.223 e. The van der Waals surface area contributed by atoms with Gasteiger partial charge in [-0.25, -0.2) is 4.68 Å². The molecule has 0 unspecified atom stereocenters. The van der Waals surface area contributed by atoms with Crippen LogP contribution in [0.25, 0.3) is 5.69 Å². The third-order valence-electron chi connectivity index (χ3n) is 6.67. The standard InChI is InChI=1S/C19H23BrN4O/c1-18(2)13-8-9-19(18,3)23(17(25)10-13)11-14-12-24(22-21-14)16-7-5-4-6-15(16)20/h4-7,12-13H,8-11H2,1-3H3/t13-,19-/m0/s1. The van der Waals surface area contributed by atoms with E-state index in [0.717, 1.165) is 28.7 Å². The van der Waals surface area contributed by atoms with Gasteiger partial charge in [0.1, 0.15) is 5.69 Å². The summed E-state index contributed by atoms with van der Waals surface area (Å²) < 4.78 is 2.73. The van der Waals surface area contributed by atoms with Gasteiger partial charge in [0.05, 0.1) is 18.4 Å². The summed E-state index contributed by atoms with van der Waals surface area (Å²) in [6.07, 6.45) is 4.77. The van der Waals surface area contributed by atoms with Gasteiger partial charge >= 0.3 is 0 Å². The lowest BCUT2D eigenvalue weighted by Gasteiger charge is -2.52. The smallest absolute Gasteiger partial charge is 0.223 e. The van der Waals surface area contributed by atoms with Gasteiger partial charge in [0.25, 0.3) is 0 Å². The highest BCUT2D eigenvalue weighted by molar-refractivity contribution is 9.10. The maximum absolute atomic E-state index is 12.7. The van der Waals surface area contributed by atoms with Crippen LogP contribution in [0.5, 0.6) is 0 Å². The number of para-hydroxylation sites is 1. The first-order valence-electron chi connectivity index (χ1n) is 8.79. The van der Waals surface area contributed by atoms with Crippen LogP contribution in [-0.4, -0.2) is 31.3 Å². The largest absolute Gasteiger partial charge is 0.331 e. The highest BCUT2D eigenvalue weighted by atomic mass is 79.9. The number of fused-ring (bicyclic) bond motifs is 2. The Kier molecular flexibility index (Phi) is 3.79. The summed E-state index contributed by atoms with van der Waals surface area (Å²) in [6, 6.07) is 7.91. The fourth-order valence-electron chi connectivity index (χ4n) is 4.57. The Morgan fingerprint density at radius 1 is 1.28 bits per heavy atom. The molecule has 5 nitrogen and oxygen atoms in total. The summed E-state index contributed by atoms with van der Waals surface area (Å²) in [7, 11) is 0. The summed E-state index contributed by atoms with van der Waals surface area (Å²) in [5, 5.41) is 8.58. The quantitative estimate of drug-likeness (QED) is 0.780. The van der Waals surface area contributed by atoms with E-state index >= 15 is 0 Å². The number of hydrogen-bond donors (Lipinski definition) is 0. The second-order valence-electron chi connectivity index (χ2n) is 8.02. The van der Waals surface area contributed by atoms with Gasteiger partial charge in [0.15, 0.2) is 0 Å². The van der Waals surface area contributed by atoms with E-state index in [-0.39, 0.29) is 16.9 Å². The van der Waals surface area contributed by atoms with Gasteiger partial charge in [-0.15, -0.1) is 5.10 Å². The van der Waals surface area contributed by atoms with Gasteiger partial charge in [0, 0.05) is 16.4 Å². The molecule has 4 rings (SSSR count). The first-order valence-corrected chi connectivity index (χ1v) is 9.59. The van der Waals surface area contributed by atoms with Crippen LogP contribution in [0.3, 0.4) is 0 Å². The first kappa shape index (κ1) is 16.8. The van der Waals surface area contributed by atoms with Crippen molar-refractivity contribution in [3.63, 3.8) is 0 Å². The van der Waals surface area contributed by atoms with Crippen LogP contribution in [0.15, 0.2) is 34.9 Å². The molecule has 25 heavy (non-hydrogen) atoms. The summed E-state index contributed by atoms with van der Waals surface area (Å²) in [6.45, 7) is 7.38. The molecule has 1 aromatic carbocycles. The zero-order chi connectivity index (χ0) is 17.8. The molecule has 1 aromatic heterocycles. The number of aromatic nitrogens is 3. The van der Waals surface area contributed by atoms with Crippen LogP contribution in [0.2, 0.25) is 0 Å². The van der Waals surface area contributed by atoms with E-state index in [9.17, 15) is 4.79 Å². The maximum atomic E-state index is 12.7. The Hall–Kier alpha value is -1.69. The molecule has 0 radical (unpaired) electrons. The molecule has 2 heterocycles. The number of nitrogens with zero attached hydrogens (tertiary/aromatic N) is 4. The van der Waals surface area contributed by atoms with E-state index < -0.39 is 0 Å². The molecule has 1 saturated carbocycles. The number of rotatable bonds is 3. The fourth-order valence-corrected chi connectivity index (χ4v) is 5.03. The molecule has 2 aliphatic rings. The van der Waals surface area contributed by atoms with Gasteiger partial charge in [-0.3, -0.25) is 4.79 Å². The number of carbonyl (C=O) groups excluding carboxylic acids is 1. The minimum absolute atomic E-state index is 0.107. The molecule has 2 bridgehead atoms. The van der Waals surface area contributed by atoms with Crippen molar-refractivity contribution in [3.05, 3.63) is 40.6 Å². The van der Waals surface area contributed by atoms with E-state index in [1.807, 2.05) is 35.4 Å². The summed E-state index contributed by atoms with van der Waals surface area (Å²) in [5.41, 5.74) is 1.80. The number of hydrogen-bond acceptors (Lipinski definition) is 3. The van der Waals surface area contributed by atoms with Gasteiger partial charge in [0.2, 0.25) is 5.91 Å². The molecule has 132 valence electrons. The predicted octanol–water partition coefficient (Wildman–Crippen LogP) is 3.96. The number of amides is 1. The second-order valence-corrected chi connectivity index (χ2v) is 8.88. The number of benzene rings is 1. The molecular weight excluding hydrogens is 380 g/mol. The van der Waals surface area contributed by atoms with Gasteiger partial charge < -0.3 is 4.90 Å². The minimum atomic E-state index is -0.107. The van der Waals surface area contributed by atoms with Crippen LogP contribution >= 0.6 is 15.9 Å². The minimum Gasteiger partial charge on any atom is -0.331 e. The average Bonchev–Trinajstić information content (AvgIpc) is 3.07. The number of halogens is 1. The van der Waals surface area contributed by atoms with Crippen molar-refractivity contribution in [1.29, 1.82) is 0 Å². The van der Waals surface area contributed by atoms with Crippen molar-refractivity contribution in [2.24, 2.45) is 11.3 Å². The highest BCUT2D eigenvalue weighted by Gasteiger charge is 2.59. The highest BCUT2D eigenvalue weighted by Crippen LogP contribution is 2.57. The van der Waals surface area contributed by atoms with Crippen LogP contribution in [-0.2, 0) is 11.3 Å². The number of likely N-dealkylation sites (tertiary alicyclic amines) is 1. The Balaban J connectivity index is 1.62. The monoisotopic (exact) mass is 402 g/mol. The molecule has 6 heteroatoms. The molecule has 1 aliphatic carbocycles. The van der Waals surface area contributed by atoms with Crippen molar-refractivity contribution in [3.8, 4) is 5.69 Å². The third kappa shape index (κ3) is 2.45. The van der Waals surface area contributed by atoms with Crippen molar-refractivity contribution >= 4 is 21.8 Å². The molecule has 1 aliphatic heterocycles. The third-order valence-corrected chi connectivity index (χ3v) is 7.34. The Bertz CT molecular complexity index is 830. The van der Waals surface area contributed by atoms with Crippen LogP contribution < -0.4 is 0 Å². The number of piperidine rings is 1. The second kappa shape index (κ2) is 5.66. The number of carbonyl (C=O) groups is 1. The zero-order valence-electron chi connectivity index (χ0n) is 14.9. The van der Waals surface area contributed by atoms with Crippen molar-refractivity contribution in [2.45, 2.75) is 52.1 Å². The van der Waals surface area contributed by atoms with E-state index in [1.165, 1.54) is 0 Å². The molecule has 2 fully saturated rings. The molecule has 1 saturated heterocycles. The Labute approximate surface area is 156 Å². The Morgan fingerprint density at radius 3 is 2.80 bits per heavy atom. The zero-order valence-corrected chi connectivity index (χ0v) is 16.5. The fraction of sp³-hybridized carbons (Fsp3) is 0.526. The summed E-state index contributed by atoms with van der Waals surface area (Å²) in [4.78, 5) is 14.8. The van der Waals surface area contributed by atoms with Gasteiger partial charge in [-0.2, -0.15) is 0 Å². The average molecular weight is 403 g/mol. The molecule has 0 N–H and O–H groups in total. The molecule has 0 spiro atoms. The first-order chi connectivity index (χ1) is 11.8. The summed E-state index contributed by atoms with van der Waals surface area (Å²) >= 11 is 3.55. The van der Waals surface area contributed by atoms with Crippen LogP contribution in [0.4, 0.5) is 0 Å². The summed E-state index contributed by atoms with van der Waals surface area (Å²) in [5.74, 6) is 0.747. The van der Waals surface area contributed by atoms with Gasteiger partial charge in [-0.1, -0.05) is 31.2 Å². The normalized spacial score (nSPS) is 27.8. The molecule has 2 aromatic rings. The lowest BCUT2D eigenvalue weighted by atomic mass is 9.66. The van der Waals surface area contributed by atoms with E-state index in [4.69, 9.17) is 0 Å². The van der Waals surface area contributed by atoms with E-state index in [0.29, 0.717) is 18.9 Å². The molecular formula is C19H23BrN4O. The molecule has 1 amide bonds. The van der Waals surface area contributed by atoms with Crippen LogP contribution in [0, 0.1) is 11.3 Å². The van der Waals surface area contributed by atoms with Crippen LogP contribution in [0.1, 0.15) is 45.7 Å². The Morgan fingerprint density at radius 2 is 2.04 bits per heavy atom. The molecule has 2 atom stereocenters. The van der Waals surface area contributed by atoms with Crippen molar-refractivity contribution < 1.29 is 4.79 Å². The van der Waals surface area contributed by atoms with Gasteiger partial charge in [-0.05, 0) is 59.2 Å². The van der Waals surface area contributed by atoms with E-state index in [2.05, 4.69) is 47.0 Å². The predicted molar refractivity (Wildman–Crippen MR) is 99.1 cm³/mol. The topological polar surface area (TPSA) is 51.0 Å². The van der Waals surface area contributed by atoms with Crippen molar-refractivity contribution in [1.82, 2.24) is 19.9 Å². The lowest BCUT2D eigenvalue weighted by Crippen LogP contribution is -2.60. The SMILES string of the molecule is CC1(C)[C@H]2CC[C@]1(C)N(Cc1cn(-c3ccccc3Br)nn1)C(=O)C2. The lowest BCUT2D eigenvalue weighted by molar-refractivity contribution is -0.152.